The number of allylic oxidation sites excluding steroid dienone is 1. The Morgan fingerprint density at radius 3 is 2.16 bits per heavy atom. The summed E-state index contributed by atoms with van der Waals surface area (Å²) >= 11 is 0. The molecule has 0 fully saturated rings. The number of fused-ring (bicyclic) bond motifs is 1. The molecule has 1 heterocycles. The van der Waals surface area contributed by atoms with E-state index in [4.69, 9.17) is 4.74 Å². The Morgan fingerprint density at radius 2 is 1.61 bits per heavy atom. The first-order valence-electron chi connectivity index (χ1n) is 9.95. The molecule has 7 nitrogen and oxygen atoms in total. The van der Waals surface area contributed by atoms with Crippen LogP contribution in [0.1, 0.15) is 32.7 Å². The largest absolute Gasteiger partial charge is 0.469 e. The SMILES string of the molecule is C=CC[C@@H](CNC(=O)C(Cc1ccccc1)N1C(=O)c2ccccc2C1=O)C(=O)OC. The summed E-state index contributed by atoms with van der Waals surface area (Å²) in [6.07, 6.45) is 2.05. The van der Waals surface area contributed by atoms with Gasteiger partial charge in [0.25, 0.3) is 11.8 Å². The van der Waals surface area contributed by atoms with Crippen molar-refractivity contribution in [3.63, 3.8) is 0 Å². The Labute approximate surface area is 180 Å². The fourth-order valence-corrected chi connectivity index (χ4v) is 3.60. The molecule has 1 N–H and O–H groups in total. The van der Waals surface area contributed by atoms with Gasteiger partial charge in [-0.3, -0.25) is 24.1 Å². The van der Waals surface area contributed by atoms with Crippen molar-refractivity contribution in [1.82, 2.24) is 10.2 Å². The molecule has 31 heavy (non-hydrogen) atoms. The van der Waals surface area contributed by atoms with Crippen LogP contribution in [0.2, 0.25) is 0 Å². The average molecular weight is 420 g/mol. The number of esters is 1. The van der Waals surface area contributed by atoms with Gasteiger partial charge in [0, 0.05) is 13.0 Å². The molecule has 1 aliphatic heterocycles. The third-order valence-corrected chi connectivity index (χ3v) is 5.22. The van der Waals surface area contributed by atoms with Gasteiger partial charge in [0.15, 0.2) is 0 Å². The molecular weight excluding hydrogens is 396 g/mol. The van der Waals surface area contributed by atoms with E-state index in [2.05, 4.69) is 11.9 Å². The number of nitrogens with one attached hydrogen (secondary N) is 1. The van der Waals surface area contributed by atoms with E-state index < -0.39 is 35.7 Å². The first kappa shape index (κ1) is 22.0. The fourth-order valence-electron chi connectivity index (χ4n) is 3.60. The maximum absolute atomic E-state index is 13.2. The molecule has 2 atom stereocenters. The summed E-state index contributed by atoms with van der Waals surface area (Å²) in [7, 11) is 1.28. The molecule has 1 unspecified atom stereocenters. The van der Waals surface area contributed by atoms with Crippen molar-refractivity contribution in [3.05, 3.63) is 83.9 Å². The molecule has 2 aromatic carbocycles. The standard InChI is InChI=1S/C24H24N2O5/c1-3-9-17(24(30)31-2)15-25-21(27)20(14-16-10-5-4-6-11-16)26-22(28)18-12-7-8-13-19(18)23(26)29/h3-8,10-13,17,20H,1,9,14-15H2,2H3,(H,25,27)/t17-,20?/m0/s1. The molecule has 1 aliphatic rings. The van der Waals surface area contributed by atoms with Gasteiger partial charge in [-0.05, 0) is 24.1 Å². The van der Waals surface area contributed by atoms with Crippen molar-refractivity contribution < 1.29 is 23.9 Å². The Kier molecular flexibility index (Phi) is 6.97. The van der Waals surface area contributed by atoms with Crippen LogP contribution in [-0.2, 0) is 20.7 Å². The second kappa shape index (κ2) is 9.84. The Balaban J connectivity index is 1.86. The first-order chi connectivity index (χ1) is 15.0. The van der Waals surface area contributed by atoms with Crippen molar-refractivity contribution in [2.75, 3.05) is 13.7 Å². The van der Waals surface area contributed by atoms with Crippen LogP contribution in [0.5, 0.6) is 0 Å². The molecule has 160 valence electrons. The van der Waals surface area contributed by atoms with Crippen LogP contribution in [0.25, 0.3) is 0 Å². The Hall–Kier alpha value is -3.74. The van der Waals surface area contributed by atoms with E-state index >= 15 is 0 Å². The van der Waals surface area contributed by atoms with Crippen molar-refractivity contribution in [1.29, 1.82) is 0 Å². The molecular formula is C24H24N2O5. The summed E-state index contributed by atoms with van der Waals surface area (Å²) < 4.78 is 4.77. The van der Waals surface area contributed by atoms with Gasteiger partial charge < -0.3 is 10.1 Å². The van der Waals surface area contributed by atoms with Crippen LogP contribution in [0, 0.1) is 5.92 Å². The highest BCUT2D eigenvalue weighted by molar-refractivity contribution is 6.22. The van der Waals surface area contributed by atoms with Crippen molar-refractivity contribution in [2.45, 2.75) is 18.9 Å². The van der Waals surface area contributed by atoms with Crippen molar-refractivity contribution in [2.24, 2.45) is 5.92 Å². The summed E-state index contributed by atoms with van der Waals surface area (Å²) in [5, 5.41) is 2.71. The zero-order chi connectivity index (χ0) is 22.4. The quantitative estimate of drug-likeness (QED) is 0.382. The van der Waals surface area contributed by atoms with Gasteiger partial charge in [-0.1, -0.05) is 48.5 Å². The topological polar surface area (TPSA) is 92.8 Å². The van der Waals surface area contributed by atoms with Crippen molar-refractivity contribution >= 4 is 23.7 Å². The molecule has 7 heteroatoms. The van der Waals surface area contributed by atoms with E-state index in [-0.39, 0.29) is 24.1 Å². The average Bonchev–Trinajstić information content (AvgIpc) is 3.05. The van der Waals surface area contributed by atoms with E-state index in [1.165, 1.54) is 7.11 Å². The molecule has 0 spiro atoms. The van der Waals surface area contributed by atoms with E-state index in [0.29, 0.717) is 6.42 Å². The highest BCUT2D eigenvalue weighted by atomic mass is 16.5. The van der Waals surface area contributed by atoms with E-state index in [1.807, 2.05) is 30.3 Å². The van der Waals surface area contributed by atoms with Crippen LogP contribution in [0.4, 0.5) is 0 Å². The minimum Gasteiger partial charge on any atom is -0.469 e. The number of methoxy groups -OCH3 is 1. The highest BCUT2D eigenvalue weighted by Crippen LogP contribution is 2.26. The number of hydrogen-bond acceptors (Lipinski definition) is 5. The van der Waals surface area contributed by atoms with Crippen LogP contribution in [0.15, 0.2) is 67.3 Å². The van der Waals surface area contributed by atoms with E-state index in [0.717, 1.165) is 10.5 Å². The molecule has 0 saturated carbocycles. The molecule has 0 aromatic heterocycles. The lowest BCUT2D eigenvalue weighted by Crippen LogP contribution is -2.51. The zero-order valence-corrected chi connectivity index (χ0v) is 17.2. The van der Waals surface area contributed by atoms with Crippen LogP contribution < -0.4 is 5.32 Å². The number of hydrogen-bond donors (Lipinski definition) is 1. The fraction of sp³-hybridized carbons (Fsp3) is 0.250. The number of ether oxygens (including phenoxy) is 1. The van der Waals surface area contributed by atoms with Crippen LogP contribution in [-0.4, -0.2) is 48.3 Å². The predicted molar refractivity (Wildman–Crippen MR) is 114 cm³/mol. The molecule has 3 amide bonds. The summed E-state index contributed by atoms with van der Waals surface area (Å²) in [6.45, 7) is 3.63. The Morgan fingerprint density at radius 1 is 1.03 bits per heavy atom. The number of imide groups is 1. The van der Waals surface area contributed by atoms with Gasteiger partial charge in [-0.15, -0.1) is 6.58 Å². The minimum absolute atomic E-state index is 0.00594. The highest BCUT2D eigenvalue weighted by Gasteiger charge is 2.42. The second-order valence-electron chi connectivity index (χ2n) is 7.22. The lowest BCUT2D eigenvalue weighted by molar-refractivity contribution is -0.145. The van der Waals surface area contributed by atoms with Gasteiger partial charge in [-0.2, -0.15) is 0 Å². The summed E-state index contributed by atoms with van der Waals surface area (Å²) in [5.41, 5.74) is 1.35. The smallest absolute Gasteiger partial charge is 0.310 e. The maximum atomic E-state index is 13.2. The lowest BCUT2D eigenvalue weighted by Gasteiger charge is -2.26. The summed E-state index contributed by atoms with van der Waals surface area (Å²) in [6, 6.07) is 14.6. The molecule has 0 aliphatic carbocycles. The third-order valence-electron chi connectivity index (χ3n) is 5.22. The van der Waals surface area contributed by atoms with Gasteiger partial charge in [-0.25, -0.2) is 0 Å². The zero-order valence-electron chi connectivity index (χ0n) is 17.2. The van der Waals surface area contributed by atoms with Gasteiger partial charge in [0.2, 0.25) is 5.91 Å². The van der Waals surface area contributed by atoms with Gasteiger partial charge >= 0.3 is 5.97 Å². The molecule has 0 radical (unpaired) electrons. The lowest BCUT2D eigenvalue weighted by atomic mass is 10.0. The second-order valence-corrected chi connectivity index (χ2v) is 7.22. The monoisotopic (exact) mass is 420 g/mol. The molecule has 2 aromatic rings. The van der Waals surface area contributed by atoms with E-state index in [9.17, 15) is 19.2 Å². The number of carbonyl (C=O) groups is 4. The van der Waals surface area contributed by atoms with E-state index in [1.54, 1.807) is 30.3 Å². The number of carbonyl (C=O) groups excluding carboxylic acids is 4. The number of amides is 3. The number of nitrogens with zero attached hydrogens (tertiary/aromatic N) is 1. The maximum Gasteiger partial charge on any atom is 0.310 e. The normalized spacial score (nSPS) is 14.5. The Bertz CT molecular complexity index is 967. The number of benzene rings is 2. The molecule has 0 saturated heterocycles. The van der Waals surface area contributed by atoms with Crippen LogP contribution in [0.3, 0.4) is 0 Å². The third kappa shape index (κ3) is 4.71. The number of rotatable bonds is 9. The van der Waals surface area contributed by atoms with Crippen LogP contribution >= 0.6 is 0 Å². The van der Waals surface area contributed by atoms with Gasteiger partial charge in [0.1, 0.15) is 6.04 Å². The first-order valence-corrected chi connectivity index (χ1v) is 9.95. The summed E-state index contributed by atoms with van der Waals surface area (Å²) in [5.74, 6) is -2.61. The molecule has 0 bridgehead atoms. The minimum atomic E-state index is -1.06. The molecule has 3 rings (SSSR count). The predicted octanol–water partition coefficient (Wildman–Crippen LogP) is 2.38. The summed E-state index contributed by atoms with van der Waals surface area (Å²) in [4.78, 5) is 52.1. The van der Waals surface area contributed by atoms with Gasteiger partial charge in [0.05, 0.1) is 24.2 Å². The van der Waals surface area contributed by atoms with Crippen molar-refractivity contribution in [3.8, 4) is 0 Å².